The third kappa shape index (κ3) is 3.99. The normalized spacial score (nSPS) is 21.9. The average Bonchev–Trinajstić information content (AvgIpc) is 2.94. The Hall–Kier alpha value is -2.46. The lowest BCUT2D eigenvalue weighted by molar-refractivity contribution is -0.0774. The molecule has 0 aromatic heterocycles. The molecule has 0 spiro atoms. The number of carbonyl (C=O) groups is 2. The summed E-state index contributed by atoms with van der Waals surface area (Å²) in [6.07, 6.45) is 2.76. The molecule has 29 heavy (non-hydrogen) atoms. The monoisotopic (exact) mass is 391 g/mol. The van der Waals surface area contributed by atoms with Crippen LogP contribution in [0.5, 0.6) is 0 Å². The Morgan fingerprint density at radius 1 is 1.03 bits per heavy atom. The van der Waals surface area contributed by atoms with Gasteiger partial charge in [0.05, 0.1) is 16.7 Å². The highest BCUT2D eigenvalue weighted by atomic mass is 16.5. The van der Waals surface area contributed by atoms with Gasteiger partial charge in [0.15, 0.2) is 0 Å². The van der Waals surface area contributed by atoms with Crippen LogP contribution >= 0.6 is 0 Å². The summed E-state index contributed by atoms with van der Waals surface area (Å²) in [6.45, 7) is 7.59. The summed E-state index contributed by atoms with van der Waals surface area (Å²) in [5.74, 6) is 0.431. The van der Waals surface area contributed by atoms with Crippen LogP contribution in [0.25, 0.3) is 0 Å². The van der Waals surface area contributed by atoms with Crippen LogP contribution in [0, 0.1) is 12.8 Å². The Morgan fingerprint density at radius 3 is 2.24 bits per heavy atom. The highest BCUT2D eigenvalue weighted by Crippen LogP contribution is 2.40. The van der Waals surface area contributed by atoms with E-state index in [0.717, 1.165) is 25.9 Å². The maximum atomic E-state index is 12.8. The van der Waals surface area contributed by atoms with Crippen molar-refractivity contribution < 1.29 is 14.3 Å². The highest BCUT2D eigenvalue weighted by molar-refractivity contribution is 6.21. The number of ether oxygens (including phenoxy) is 1. The van der Waals surface area contributed by atoms with E-state index < -0.39 is 0 Å². The number of hydrogen-bond acceptors (Lipinski definition) is 3. The second kappa shape index (κ2) is 7.75. The maximum absolute atomic E-state index is 12.8. The smallest absolute Gasteiger partial charge is 0.261 e. The molecule has 2 aromatic rings. The van der Waals surface area contributed by atoms with E-state index in [4.69, 9.17) is 4.74 Å². The van der Waals surface area contributed by atoms with Gasteiger partial charge in [0.25, 0.3) is 11.8 Å². The SMILES string of the molecule is Cc1ccc([C@@H](CCN2C(=O)c3ccccc3C2=O)[C@@H]2CCOC(C)(C)C2)cc1. The third-order valence-electron chi connectivity index (χ3n) is 6.35. The standard InChI is InChI=1S/C25H29NO3/c1-17-8-10-18(11-9-17)20(19-13-15-29-25(2,3)16-19)12-14-26-23(27)21-6-4-5-7-22(21)24(26)28/h4-11,19-20H,12-16H2,1-3H3/t19-,20-/m1/s1. The van der Waals surface area contributed by atoms with Gasteiger partial charge in [-0.15, -0.1) is 0 Å². The molecule has 2 amide bonds. The highest BCUT2D eigenvalue weighted by Gasteiger charge is 2.38. The molecule has 2 heterocycles. The quantitative estimate of drug-likeness (QED) is 0.676. The summed E-state index contributed by atoms with van der Waals surface area (Å²) in [4.78, 5) is 27.0. The lowest BCUT2D eigenvalue weighted by Crippen LogP contribution is -2.38. The van der Waals surface area contributed by atoms with Crippen molar-refractivity contribution >= 4 is 11.8 Å². The predicted octanol–water partition coefficient (Wildman–Crippen LogP) is 4.97. The van der Waals surface area contributed by atoms with Crippen LogP contribution < -0.4 is 0 Å². The molecule has 1 fully saturated rings. The molecular formula is C25H29NO3. The lowest BCUT2D eigenvalue weighted by atomic mass is 9.75. The molecule has 0 bridgehead atoms. The molecule has 152 valence electrons. The number of imide groups is 1. The lowest BCUT2D eigenvalue weighted by Gasteiger charge is -2.40. The molecule has 2 aliphatic rings. The van der Waals surface area contributed by atoms with Gasteiger partial charge in [0, 0.05) is 13.2 Å². The van der Waals surface area contributed by atoms with E-state index in [1.165, 1.54) is 16.0 Å². The van der Waals surface area contributed by atoms with Crippen molar-refractivity contribution in [1.29, 1.82) is 0 Å². The zero-order valence-electron chi connectivity index (χ0n) is 17.5. The molecule has 2 aliphatic heterocycles. The number of hydrogen-bond donors (Lipinski definition) is 0. The fourth-order valence-electron chi connectivity index (χ4n) is 4.82. The Morgan fingerprint density at radius 2 is 1.66 bits per heavy atom. The topological polar surface area (TPSA) is 46.6 Å². The number of rotatable bonds is 5. The minimum atomic E-state index is -0.166. The van der Waals surface area contributed by atoms with Gasteiger partial charge >= 0.3 is 0 Å². The van der Waals surface area contributed by atoms with Gasteiger partial charge in [0.1, 0.15) is 0 Å². The Kier molecular flexibility index (Phi) is 5.30. The number of nitrogens with zero attached hydrogens (tertiary/aromatic N) is 1. The van der Waals surface area contributed by atoms with E-state index in [1.807, 2.05) is 12.1 Å². The van der Waals surface area contributed by atoms with Crippen molar-refractivity contribution in [1.82, 2.24) is 4.90 Å². The maximum Gasteiger partial charge on any atom is 0.261 e. The van der Waals surface area contributed by atoms with Crippen LogP contribution in [0.15, 0.2) is 48.5 Å². The zero-order valence-corrected chi connectivity index (χ0v) is 17.5. The Labute approximate surface area is 172 Å². The van der Waals surface area contributed by atoms with E-state index in [-0.39, 0.29) is 17.4 Å². The van der Waals surface area contributed by atoms with Crippen molar-refractivity contribution in [2.45, 2.75) is 51.6 Å². The molecule has 2 atom stereocenters. The van der Waals surface area contributed by atoms with Crippen molar-refractivity contribution in [3.8, 4) is 0 Å². The second-order valence-electron chi connectivity index (χ2n) is 8.97. The number of aryl methyl sites for hydroxylation is 1. The molecule has 0 radical (unpaired) electrons. The number of carbonyl (C=O) groups excluding carboxylic acids is 2. The fraction of sp³-hybridized carbons (Fsp3) is 0.440. The predicted molar refractivity (Wildman–Crippen MR) is 113 cm³/mol. The fourth-order valence-corrected chi connectivity index (χ4v) is 4.82. The molecule has 1 saturated heterocycles. The first-order valence-corrected chi connectivity index (χ1v) is 10.5. The first kappa shape index (κ1) is 19.8. The van der Waals surface area contributed by atoms with Crippen LogP contribution in [-0.4, -0.2) is 35.5 Å². The van der Waals surface area contributed by atoms with E-state index in [9.17, 15) is 9.59 Å². The van der Waals surface area contributed by atoms with Crippen LogP contribution in [-0.2, 0) is 4.74 Å². The first-order valence-electron chi connectivity index (χ1n) is 10.5. The molecule has 0 N–H and O–H groups in total. The van der Waals surface area contributed by atoms with Crippen LogP contribution in [0.2, 0.25) is 0 Å². The molecule has 4 rings (SSSR count). The molecule has 0 unspecified atom stereocenters. The number of fused-ring (bicyclic) bond motifs is 1. The Bertz CT molecular complexity index is 881. The molecule has 4 heteroatoms. The van der Waals surface area contributed by atoms with Crippen LogP contribution in [0.1, 0.15) is 70.9 Å². The van der Waals surface area contributed by atoms with Crippen molar-refractivity contribution in [2.24, 2.45) is 5.92 Å². The largest absolute Gasteiger partial charge is 0.376 e. The Balaban J connectivity index is 1.55. The summed E-state index contributed by atoms with van der Waals surface area (Å²) in [5.41, 5.74) is 3.43. The first-order chi connectivity index (χ1) is 13.9. The van der Waals surface area contributed by atoms with Crippen molar-refractivity contribution in [3.63, 3.8) is 0 Å². The summed E-state index contributed by atoms with van der Waals surface area (Å²) in [6, 6.07) is 15.8. The van der Waals surface area contributed by atoms with Gasteiger partial charge in [-0.1, -0.05) is 42.0 Å². The van der Waals surface area contributed by atoms with Crippen molar-refractivity contribution in [3.05, 3.63) is 70.8 Å². The molecular weight excluding hydrogens is 362 g/mol. The number of amides is 2. The third-order valence-corrected chi connectivity index (χ3v) is 6.35. The van der Waals surface area contributed by atoms with E-state index in [2.05, 4.69) is 45.0 Å². The molecule has 0 aliphatic carbocycles. The summed E-state index contributed by atoms with van der Waals surface area (Å²) < 4.78 is 5.94. The molecule has 2 aromatic carbocycles. The van der Waals surface area contributed by atoms with Gasteiger partial charge in [-0.25, -0.2) is 0 Å². The van der Waals surface area contributed by atoms with Gasteiger partial charge in [-0.05, 0) is 69.6 Å². The van der Waals surface area contributed by atoms with Gasteiger partial charge in [-0.2, -0.15) is 0 Å². The van der Waals surface area contributed by atoms with Gasteiger partial charge < -0.3 is 4.74 Å². The van der Waals surface area contributed by atoms with E-state index >= 15 is 0 Å². The average molecular weight is 392 g/mol. The molecule has 0 saturated carbocycles. The van der Waals surface area contributed by atoms with Gasteiger partial charge in [-0.3, -0.25) is 14.5 Å². The summed E-state index contributed by atoms with van der Waals surface area (Å²) >= 11 is 0. The van der Waals surface area contributed by atoms with E-state index in [0.29, 0.717) is 29.5 Å². The summed E-state index contributed by atoms with van der Waals surface area (Å²) in [5, 5.41) is 0. The van der Waals surface area contributed by atoms with Gasteiger partial charge in [0.2, 0.25) is 0 Å². The minimum absolute atomic E-state index is 0.138. The van der Waals surface area contributed by atoms with E-state index in [1.54, 1.807) is 12.1 Å². The van der Waals surface area contributed by atoms with Crippen LogP contribution in [0.3, 0.4) is 0 Å². The van der Waals surface area contributed by atoms with Crippen LogP contribution in [0.4, 0.5) is 0 Å². The minimum Gasteiger partial charge on any atom is -0.376 e. The summed E-state index contributed by atoms with van der Waals surface area (Å²) in [7, 11) is 0. The zero-order chi connectivity index (χ0) is 20.6. The number of benzene rings is 2. The molecule has 4 nitrogen and oxygen atoms in total. The second-order valence-corrected chi connectivity index (χ2v) is 8.97. The van der Waals surface area contributed by atoms with Crippen molar-refractivity contribution in [2.75, 3.05) is 13.2 Å².